The van der Waals surface area contributed by atoms with Gasteiger partial charge in [0.25, 0.3) is 0 Å². The summed E-state index contributed by atoms with van der Waals surface area (Å²) in [5, 5.41) is 3.20. The Hall–Kier alpha value is -1.73. The summed E-state index contributed by atoms with van der Waals surface area (Å²) >= 11 is 0. The van der Waals surface area contributed by atoms with Gasteiger partial charge in [-0.3, -0.25) is 4.79 Å². The second kappa shape index (κ2) is 8.39. The fraction of sp³-hybridized carbons (Fsp3) is 0.583. The number of carbonyl (C=O) groups excluding carboxylic acids is 1. The van der Waals surface area contributed by atoms with Crippen LogP contribution in [0.1, 0.15) is 12.5 Å². The Morgan fingerprint density at radius 2 is 2.16 bits per heavy atom. The van der Waals surface area contributed by atoms with Crippen LogP contribution >= 0.6 is 0 Å². The van der Waals surface area contributed by atoms with Gasteiger partial charge in [-0.25, -0.2) is 9.97 Å². The van der Waals surface area contributed by atoms with E-state index >= 15 is 0 Å². The van der Waals surface area contributed by atoms with Crippen molar-refractivity contribution in [2.24, 2.45) is 5.73 Å². The molecule has 0 saturated carbocycles. The standard InChI is InChI=1S/C12H21N5O2/c1-3-17(9-11(13)18)12-15-7-10(8-16-12)6-14-4-5-19-2/h7-8,14H,3-6,9H2,1-2H3,(H2,13,18). The summed E-state index contributed by atoms with van der Waals surface area (Å²) in [5.41, 5.74) is 6.15. The van der Waals surface area contributed by atoms with E-state index in [9.17, 15) is 4.79 Å². The zero-order chi connectivity index (χ0) is 14.1. The number of amides is 1. The molecular weight excluding hydrogens is 246 g/mol. The van der Waals surface area contributed by atoms with Crippen LogP contribution < -0.4 is 16.0 Å². The summed E-state index contributed by atoms with van der Waals surface area (Å²) in [4.78, 5) is 21.1. The van der Waals surface area contributed by atoms with Crippen LogP contribution in [0.2, 0.25) is 0 Å². The van der Waals surface area contributed by atoms with Crippen molar-refractivity contribution in [1.82, 2.24) is 15.3 Å². The molecule has 0 unspecified atom stereocenters. The molecular formula is C12H21N5O2. The van der Waals surface area contributed by atoms with Crippen molar-refractivity contribution >= 4 is 11.9 Å². The lowest BCUT2D eigenvalue weighted by Crippen LogP contribution is -2.34. The Kier molecular flexibility index (Phi) is 6.76. The van der Waals surface area contributed by atoms with Crippen molar-refractivity contribution in [3.05, 3.63) is 18.0 Å². The van der Waals surface area contributed by atoms with E-state index in [1.165, 1.54) is 0 Å². The molecule has 0 saturated heterocycles. The number of aromatic nitrogens is 2. The van der Waals surface area contributed by atoms with Crippen LogP contribution in [0, 0.1) is 0 Å². The highest BCUT2D eigenvalue weighted by Crippen LogP contribution is 2.06. The van der Waals surface area contributed by atoms with Gasteiger partial charge in [0.2, 0.25) is 11.9 Å². The monoisotopic (exact) mass is 267 g/mol. The average Bonchev–Trinajstić information content (AvgIpc) is 2.41. The van der Waals surface area contributed by atoms with E-state index in [2.05, 4.69) is 15.3 Å². The molecule has 1 aromatic rings. The number of anilines is 1. The molecule has 0 fully saturated rings. The Balaban J connectivity index is 2.52. The molecule has 0 aliphatic carbocycles. The molecule has 1 heterocycles. The molecule has 1 amide bonds. The lowest BCUT2D eigenvalue weighted by Gasteiger charge is -2.18. The Bertz CT molecular complexity index is 382. The number of ether oxygens (including phenoxy) is 1. The molecule has 0 atom stereocenters. The molecule has 106 valence electrons. The van der Waals surface area contributed by atoms with E-state index in [1.54, 1.807) is 24.4 Å². The number of nitrogens with zero attached hydrogens (tertiary/aromatic N) is 3. The van der Waals surface area contributed by atoms with E-state index in [0.717, 1.165) is 12.1 Å². The molecule has 3 N–H and O–H groups in total. The van der Waals surface area contributed by atoms with Crippen molar-refractivity contribution < 1.29 is 9.53 Å². The van der Waals surface area contributed by atoms with Gasteiger partial charge < -0.3 is 20.7 Å². The van der Waals surface area contributed by atoms with Gasteiger partial charge in [0.15, 0.2) is 0 Å². The van der Waals surface area contributed by atoms with Gasteiger partial charge in [0.05, 0.1) is 13.2 Å². The highest BCUT2D eigenvalue weighted by Gasteiger charge is 2.09. The number of rotatable bonds is 9. The molecule has 19 heavy (non-hydrogen) atoms. The first-order valence-electron chi connectivity index (χ1n) is 6.21. The minimum Gasteiger partial charge on any atom is -0.383 e. The SMILES string of the molecule is CCN(CC(N)=O)c1ncc(CNCCOC)cn1. The zero-order valence-corrected chi connectivity index (χ0v) is 11.4. The molecule has 0 aliphatic heterocycles. The Morgan fingerprint density at radius 1 is 1.47 bits per heavy atom. The third-order valence-corrected chi connectivity index (χ3v) is 2.52. The molecule has 0 bridgehead atoms. The highest BCUT2D eigenvalue weighted by molar-refractivity contribution is 5.78. The Labute approximate surface area is 113 Å². The first-order valence-corrected chi connectivity index (χ1v) is 6.21. The number of hydrogen-bond acceptors (Lipinski definition) is 6. The molecule has 7 nitrogen and oxygen atoms in total. The number of nitrogens with two attached hydrogens (primary N) is 1. The number of nitrogens with one attached hydrogen (secondary N) is 1. The van der Waals surface area contributed by atoms with Gasteiger partial charge >= 0.3 is 0 Å². The van der Waals surface area contributed by atoms with E-state index in [0.29, 0.717) is 25.6 Å². The van der Waals surface area contributed by atoms with E-state index in [-0.39, 0.29) is 6.54 Å². The van der Waals surface area contributed by atoms with Gasteiger partial charge in [-0.2, -0.15) is 0 Å². The third kappa shape index (κ3) is 5.62. The number of hydrogen-bond donors (Lipinski definition) is 2. The molecule has 1 rings (SSSR count). The van der Waals surface area contributed by atoms with Crippen molar-refractivity contribution in [3.8, 4) is 0 Å². The predicted molar refractivity (Wildman–Crippen MR) is 72.7 cm³/mol. The maximum atomic E-state index is 10.9. The fourth-order valence-corrected chi connectivity index (χ4v) is 1.52. The second-order valence-corrected chi connectivity index (χ2v) is 4.04. The van der Waals surface area contributed by atoms with E-state index in [1.807, 2.05) is 6.92 Å². The van der Waals surface area contributed by atoms with Gasteiger partial charge in [0.1, 0.15) is 0 Å². The summed E-state index contributed by atoms with van der Waals surface area (Å²) in [6, 6.07) is 0. The maximum Gasteiger partial charge on any atom is 0.237 e. The summed E-state index contributed by atoms with van der Waals surface area (Å²) in [5.74, 6) is 0.123. The van der Waals surface area contributed by atoms with Crippen molar-refractivity contribution in [3.63, 3.8) is 0 Å². The smallest absolute Gasteiger partial charge is 0.237 e. The lowest BCUT2D eigenvalue weighted by atomic mass is 10.3. The zero-order valence-electron chi connectivity index (χ0n) is 11.4. The van der Waals surface area contributed by atoms with E-state index in [4.69, 9.17) is 10.5 Å². The fourth-order valence-electron chi connectivity index (χ4n) is 1.52. The summed E-state index contributed by atoms with van der Waals surface area (Å²) in [7, 11) is 1.66. The maximum absolute atomic E-state index is 10.9. The number of likely N-dealkylation sites (N-methyl/N-ethyl adjacent to an activating group) is 1. The quantitative estimate of drug-likeness (QED) is 0.587. The number of primary amides is 1. The first-order chi connectivity index (χ1) is 9.17. The van der Waals surface area contributed by atoms with Gasteiger partial charge in [-0.1, -0.05) is 0 Å². The number of methoxy groups -OCH3 is 1. The Morgan fingerprint density at radius 3 is 2.68 bits per heavy atom. The third-order valence-electron chi connectivity index (χ3n) is 2.52. The molecule has 0 aromatic carbocycles. The summed E-state index contributed by atoms with van der Waals surface area (Å²) in [6.45, 7) is 4.82. The van der Waals surface area contributed by atoms with Crippen molar-refractivity contribution in [1.29, 1.82) is 0 Å². The van der Waals surface area contributed by atoms with Crippen molar-refractivity contribution in [2.45, 2.75) is 13.5 Å². The summed E-state index contributed by atoms with van der Waals surface area (Å²) < 4.78 is 4.94. The second-order valence-electron chi connectivity index (χ2n) is 4.04. The minimum atomic E-state index is -0.393. The largest absolute Gasteiger partial charge is 0.383 e. The number of carbonyl (C=O) groups is 1. The van der Waals surface area contributed by atoms with Crippen LogP contribution in [0.4, 0.5) is 5.95 Å². The summed E-state index contributed by atoms with van der Waals surface area (Å²) in [6.07, 6.45) is 3.48. The van der Waals surface area contributed by atoms with Crippen LogP contribution in [0.3, 0.4) is 0 Å². The van der Waals surface area contributed by atoms with Gasteiger partial charge in [-0.05, 0) is 6.92 Å². The van der Waals surface area contributed by atoms with Crippen LogP contribution in [-0.2, 0) is 16.1 Å². The van der Waals surface area contributed by atoms with Crippen LogP contribution in [0.25, 0.3) is 0 Å². The minimum absolute atomic E-state index is 0.127. The lowest BCUT2D eigenvalue weighted by molar-refractivity contribution is -0.116. The highest BCUT2D eigenvalue weighted by atomic mass is 16.5. The van der Waals surface area contributed by atoms with Gasteiger partial charge in [0, 0.05) is 44.7 Å². The normalized spacial score (nSPS) is 10.4. The topological polar surface area (TPSA) is 93.4 Å². The molecule has 0 aliphatic rings. The molecule has 0 spiro atoms. The van der Waals surface area contributed by atoms with E-state index < -0.39 is 5.91 Å². The molecule has 0 radical (unpaired) electrons. The molecule has 7 heteroatoms. The van der Waals surface area contributed by atoms with Crippen molar-refractivity contribution in [2.75, 3.05) is 38.3 Å². The van der Waals surface area contributed by atoms with Crippen LogP contribution in [0.15, 0.2) is 12.4 Å². The van der Waals surface area contributed by atoms with Crippen LogP contribution in [0.5, 0.6) is 0 Å². The van der Waals surface area contributed by atoms with Gasteiger partial charge in [-0.15, -0.1) is 0 Å². The molecule has 1 aromatic heterocycles. The predicted octanol–water partition coefficient (Wildman–Crippen LogP) is -0.476. The van der Waals surface area contributed by atoms with Crippen LogP contribution in [-0.4, -0.2) is 49.2 Å². The first kappa shape index (κ1) is 15.3. The average molecular weight is 267 g/mol.